The van der Waals surface area contributed by atoms with E-state index < -0.39 is 0 Å². The summed E-state index contributed by atoms with van der Waals surface area (Å²) in [4.78, 5) is 2.33. The number of oxime groups is 1. The van der Waals surface area contributed by atoms with Crippen LogP contribution in [0.3, 0.4) is 0 Å². The van der Waals surface area contributed by atoms with E-state index in [1.54, 1.807) is 0 Å². The molecular weight excluding hydrogens is 214 g/mol. The number of benzene rings is 1. The van der Waals surface area contributed by atoms with Crippen LogP contribution in [-0.4, -0.2) is 29.0 Å². The van der Waals surface area contributed by atoms with Crippen LogP contribution >= 0.6 is 0 Å². The highest BCUT2D eigenvalue weighted by Crippen LogP contribution is 2.34. The average molecular weight is 233 g/mol. The predicted octanol–water partition coefficient (Wildman–Crippen LogP) is 1.96. The minimum atomic E-state index is 0.194. The molecule has 0 heterocycles. The summed E-state index contributed by atoms with van der Waals surface area (Å²) >= 11 is 0. The molecule has 1 aliphatic carbocycles. The lowest BCUT2D eigenvalue weighted by atomic mass is 10.0. The first-order chi connectivity index (χ1) is 8.22. The molecule has 92 valence electrons. The molecule has 1 aliphatic rings. The topological polar surface area (TPSA) is 61.8 Å². The van der Waals surface area contributed by atoms with Gasteiger partial charge in [-0.2, -0.15) is 0 Å². The van der Waals surface area contributed by atoms with Crippen molar-refractivity contribution in [2.24, 2.45) is 10.9 Å². The van der Waals surface area contributed by atoms with E-state index in [1.807, 2.05) is 18.2 Å². The van der Waals surface area contributed by atoms with Gasteiger partial charge in [-0.1, -0.05) is 35.5 Å². The Hall–Kier alpha value is -1.55. The molecule has 2 rings (SSSR count). The SMILES string of the molecule is CN(C1CC1)C(CC(N)=NO)c1ccccc1. The molecule has 0 radical (unpaired) electrons. The maximum atomic E-state index is 8.71. The van der Waals surface area contributed by atoms with Crippen molar-refractivity contribution < 1.29 is 5.21 Å². The van der Waals surface area contributed by atoms with Gasteiger partial charge in [0, 0.05) is 18.5 Å². The smallest absolute Gasteiger partial charge is 0.141 e. The van der Waals surface area contributed by atoms with Crippen molar-refractivity contribution in [1.82, 2.24) is 4.90 Å². The first-order valence-electron chi connectivity index (χ1n) is 5.95. The van der Waals surface area contributed by atoms with Crippen LogP contribution in [0.1, 0.15) is 30.9 Å². The summed E-state index contributed by atoms with van der Waals surface area (Å²) in [6.45, 7) is 0. The molecule has 3 N–H and O–H groups in total. The van der Waals surface area contributed by atoms with E-state index in [0.29, 0.717) is 12.5 Å². The van der Waals surface area contributed by atoms with E-state index >= 15 is 0 Å². The molecule has 4 nitrogen and oxygen atoms in total. The van der Waals surface area contributed by atoms with Crippen molar-refractivity contribution >= 4 is 5.84 Å². The van der Waals surface area contributed by atoms with Crippen molar-refractivity contribution in [2.75, 3.05) is 7.05 Å². The fourth-order valence-electron chi connectivity index (χ4n) is 2.15. The molecule has 1 fully saturated rings. The normalized spacial score (nSPS) is 18.4. The zero-order chi connectivity index (χ0) is 12.3. The maximum absolute atomic E-state index is 8.71. The molecular formula is C13H19N3O. The third kappa shape index (κ3) is 2.97. The number of amidine groups is 1. The van der Waals surface area contributed by atoms with E-state index in [4.69, 9.17) is 10.9 Å². The van der Waals surface area contributed by atoms with Gasteiger partial charge in [0.2, 0.25) is 0 Å². The third-order valence-electron chi connectivity index (χ3n) is 3.33. The zero-order valence-electron chi connectivity index (χ0n) is 10.1. The van der Waals surface area contributed by atoms with Crippen LogP contribution < -0.4 is 5.73 Å². The zero-order valence-corrected chi connectivity index (χ0v) is 10.1. The van der Waals surface area contributed by atoms with Crippen LogP contribution in [0, 0.1) is 0 Å². The lowest BCUT2D eigenvalue weighted by Gasteiger charge is -2.28. The average Bonchev–Trinajstić information content (AvgIpc) is 3.20. The van der Waals surface area contributed by atoms with Crippen LogP contribution in [0.15, 0.2) is 35.5 Å². The van der Waals surface area contributed by atoms with Gasteiger partial charge in [0.25, 0.3) is 0 Å². The summed E-state index contributed by atoms with van der Waals surface area (Å²) in [5.41, 5.74) is 6.86. The molecule has 1 aromatic rings. The second-order valence-electron chi connectivity index (χ2n) is 4.62. The second-order valence-corrected chi connectivity index (χ2v) is 4.62. The maximum Gasteiger partial charge on any atom is 0.141 e. The highest BCUT2D eigenvalue weighted by atomic mass is 16.4. The number of nitrogens with two attached hydrogens (primary N) is 1. The van der Waals surface area contributed by atoms with Crippen LogP contribution in [0.4, 0.5) is 0 Å². The molecule has 1 unspecified atom stereocenters. The van der Waals surface area contributed by atoms with E-state index in [-0.39, 0.29) is 11.9 Å². The fourth-order valence-corrected chi connectivity index (χ4v) is 2.15. The van der Waals surface area contributed by atoms with Gasteiger partial charge < -0.3 is 10.9 Å². The van der Waals surface area contributed by atoms with Crippen molar-refractivity contribution in [2.45, 2.75) is 31.3 Å². The third-order valence-corrected chi connectivity index (χ3v) is 3.33. The Morgan fingerprint density at radius 2 is 2.12 bits per heavy atom. The van der Waals surface area contributed by atoms with Crippen molar-refractivity contribution in [3.63, 3.8) is 0 Å². The summed E-state index contributed by atoms with van der Waals surface area (Å²) in [7, 11) is 2.11. The molecule has 1 aromatic carbocycles. The Bertz CT molecular complexity index is 387. The number of hydrogen-bond donors (Lipinski definition) is 2. The molecule has 0 bridgehead atoms. The largest absolute Gasteiger partial charge is 0.409 e. The highest BCUT2D eigenvalue weighted by molar-refractivity contribution is 5.80. The minimum absolute atomic E-state index is 0.194. The van der Waals surface area contributed by atoms with Crippen LogP contribution in [-0.2, 0) is 0 Å². The molecule has 17 heavy (non-hydrogen) atoms. The number of hydrogen-bond acceptors (Lipinski definition) is 3. The molecule has 0 spiro atoms. The summed E-state index contributed by atoms with van der Waals surface area (Å²) < 4.78 is 0. The molecule has 0 aromatic heterocycles. The van der Waals surface area contributed by atoms with Crippen molar-refractivity contribution in [1.29, 1.82) is 0 Å². The Balaban J connectivity index is 2.17. The Labute approximate surface area is 102 Å². The molecule has 0 saturated heterocycles. The molecule has 0 aliphatic heterocycles. The van der Waals surface area contributed by atoms with Crippen LogP contribution in [0.25, 0.3) is 0 Å². The number of rotatable bonds is 5. The lowest BCUT2D eigenvalue weighted by molar-refractivity contribution is 0.236. The second kappa shape index (κ2) is 5.19. The first kappa shape index (κ1) is 11.9. The Morgan fingerprint density at radius 3 is 2.65 bits per heavy atom. The van der Waals surface area contributed by atoms with Gasteiger partial charge in [-0.15, -0.1) is 0 Å². The first-order valence-corrected chi connectivity index (χ1v) is 5.95. The van der Waals surface area contributed by atoms with Crippen molar-refractivity contribution in [3.8, 4) is 0 Å². The quantitative estimate of drug-likeness (QED) is 0.354. The monoisotopic (exact) mass is 233 g/mol. The van der Waals surface area contributed by atoms with E-state index in [1.165, 1.54) is 18.4 Å². The van der Waals surface area contributed by atoms with Gasteiger partial charge in [0.15, 0.2) is 0 Å². The van der Waals surface area contributed by atoms with Crippen LogP contribution in [0.5, 0.6) is 0 Å². The molecule has 1 atom stereocenters. The van der Waals surface area contributed by atoms with E-state index in [0.717, 1.165) is 0 Å². The summed E-state index contributed by atoms with van der Waals surface area (Å²) in [6, 6.07) is 11.1. The summed E-state index contributed by atoms with van der Waals surface area (Å²) in [5, 5.41) is 11.8. The van der Waals surface area contributed by atoms with E-state index in [9.17, 15) is 0 Å². The minimum Gasteiger partial charge on any atom is -0.409 e. The van der Waals surface area contributed by atoms with Gasteiger partial charge >= 0.3 is 0 Å². The van der Waals surface area contributed by atoms with Gasteiger partial charge in [0.05, 0.1) is 0 Å². The van der Waals surface area contributed by atoms with E-state index in [2.05, 4.69) is 29.2 Å². The van der Waals surface area contributed by atoms with Gasteiger partial charge in [0.1, 0.15) is 5.84 Å². The summed E-state index contributed by atoms with van der Waals surface area (Å²) in [6.07, 6.45) is 3.06. The summed E-state index contributed by atoms with van der Waals surface area (Å²) in [5.74, 6) is 0.284. The Morgan fingerprint density at radius 1 is 1.47 bits per heavy atom. The van der Waals surface area contributed by atoms with Crippen molar-refractivity contribution in [3.05, 3.63) is 35.9 Å². The standard InChI is InChI=1S/C13H19N3O/c1-16(11-7-8-11)12(9-13(14)15-17)10-5-3-2-4-6-10/h2-6,11-12,17H,7-9H2,1H3,(H2,14,15). The van der Waals surface area contributed by atoms with Crippen LogP contribution in [0.2, 0.25) is 0 Å². The fraction of sp³-hybridized carbons (Fsp3) is 0.462. The molecule has 0 amide bonds. The lowest BCUT2D eigenvalue weighted by Crippen LogP contribution is -2.30. The molecule has 4 heteroatoms. The van der Waals surface area contributed by atoms with Gasteiger partial charge in [-0.3, -0.25) is 4.90 Å². The van der Waals surface area contributed by atoms with Gasteiger partial charge in [-0.05, 0) is 25.5 Å². The highest BCUT2D eigenvalue weighted by Gasteiger charge is 2.32. The number of nitrogens with zero attached hydrogens (tertiary/aromatic N) is 2. The molecule has 1 saturated carbocycles. The Kier molecular flexibility index (Phi) is 3.64. The van der Waals surface area contributed by atoms with Gasteiger partial charge in [-0.25, -0.2) is 0 Å². The predicted molar refractivity (Wildman–Crippen MR) is 68.0 cm³/mol.